The van der Waals surface area contributed by atoms with E-state index in [1.165, 1.54) is 0 Å². The van der Waals surface area contributed by atoms with Gasteiger partial charge in [-0.15, -0.1) is 0 Å². The lowest BCUT2D eigenvalue weighted by molar-refractivity contribution is -0.0664. The second-order valence-corrected chi connectivity index (χ2v) is 1.88. The van der Waals surface area contributed by atoms with Crippen LogP contribution >= 0.6 is 0 Å². The van der Waals surface area contributed by atoms with Crippen molar-refractivity contribution < 1.29 is 9.47 Å². The predicted molar refractivity (Wildman–Crippen MR) is 41.0 cm³/mol. The normalized spacial score (nSPS) is 13.9. The number of allylic oxidation sites excluding steroid dienone is 1. The second-order valence-electron chi connectivity index (χ2n) is 1.88. The molecule has 0 aromatic heterocycles. The van der Waals surface area contributed by atoms with Crippen LogP contribution in [0.25, 0.3) is 0 Å². The van der Waals surface area contributed by atoms with Crippen molar-refractivity contribution in [1.82, 2.24) is 0 Å². The summed E-state index contributed by atoms with van der Waals surface area (Å²) in [5, 5.41) is 0. The molecule has 59 valence electrons. The highest BCUT2D eigenvalue weighted by Crippen LogP contribution is 1.98. The Kier molecular flexibility index (Phi) is 6.29. The van der Waals surface area contributed by atoms with Crippen LogP contribution in [0, 0.1) is 6.61 Å². The van der Waals surface area contributed by atoms with Gasteiger partial charge in [0.15, 0.2) is 6.29 Å². The summed E-state index contributed by atoms with van der Waals surface area (Å²) in [6.45, 7) is 7.50. The third kappa shape index (κ3) is 5.63. The molecule has 0 saturated heterocycles. The van der Waals surface area contributed by atoms with Gasteiger partial charge in [-0.25, -0.2) is 0 Å². The fourth-order valence-corrected chi connectivity index (χ4v) is 0.453. The molecule has 0 fully saturated rings. The minimum absolute atomic E-state index is 0.170. The second kappa shape index (κ2) is 6.62. The molecule has 2 nitrogen and oxygen atoms in total. The summed E-state index contributed by atoms with van der Waals surface area (Å²) in [6.07, 6.45) is 4.18. The van der Waals surface area contributed by atoms with Crippen LogP contribution in [0.4, 0.5) is 0 Å². The molecule has 0 aromatic rings. The van der Waals surface area contributed by atoms with Crippen LogP contribution in [0.2, 0.25) is 0 Å². The van der Waals surface area contributed by atoms with Crippen LogP contribution in [-0.2, 0) is 9.47 Å². The molecule has 0 spiro atoms. The summed E-state index contributed by atoms with van der Waals surface area (Å²) >= 11 is 0. The van der Waals surface area contributed by atoms with Crippen LogP contribution in [0.3, 0.4) is 0 Å². The van der Waals surface area contributed by atoms with Crippen LogP contribution in [0.5, 0.6) is 0 Å². The fourth-order valence-electron chi connectivity index (χ4n) is 0.453. The van der Waals surface area contributed by atoms with Gasteiger partial charge in [-0.2, -0.15) is 0 Å². The van der Waals surface area contributed by atoms with E-state index in [-0.39, 0.29) is 6.29 Å². The molecule has 2 heteroatoms. The molecule has 0 aromatic carbocycles. The lowest BCUT2D eigenvalue weighted by Crippen LogP contribution is -2.06. The highest BCUT2D eigenvalue weighted by molar-refractivity contribution is 4.65. The van der Waals surface area contributed by atoms with E-state index >= 15 is 0 Å². The zero-order chi connectivity index (χ0) is 7.82. The molecule has 0 aliphatic heterocycles. The SMILES string of the molecule is C/C=C\OC(C)O[CH]CC. The Morgan fingerprint density at radius 2 is 2.10 bits per heavy atom. The summed E-state index contributed by atoms with van der Waals surface area (Å²) in [5.74, 6) is 0. The Balaban J connectivity index is 3.16. The number of hydrogen-bond donors (Lipinski definition) is 0. The van der Waals surface area contributed by atoms with Crippen LogP contribution < -0.4 is 0 Å². The van der Waals surface area contributed by atoms with E-state index in [0.717, 1.165) is 6.42 Å². The monoisotopic (exact) mass is 143 g/mol. The standard InChI is InChI=1S/C8H15O2/c1-4-6-9-8(3)10-7-5-2/h4,6-8H,5H2,1-3H3/b6-4-. The van der Waals surface area contributed by atoms with Gasteiger partial charge < -0.3 is 9.47 Å². The zero-order valence-corrected chi connectivity index (χ0v) is 6.83. The summed E-state index contributed by atoms with van der Waals surface area (Å²) in [7, 11) is 0. The van der Waals surface area contributed by atoms with Crippen LogP contribution in [0.15, 0.2) is 12.3 Å². The Bertz CT molecular complexity index is 89.3. The average Bonchev–Trinajstić information content (AvgIpc) is 1.97. The van der Waals surface area contributed by atoms with E-state index < -0.39 is 0 Å². The van der Waals surface area contributed by atoms with Gasteiger partial charge in [-0.05, 0) is 20.3 Å². The maximum Gasteiger partial charge on any atom is 0.196 e. The van der Waals surface area contributed by atoms with Gasteiger partial charge in [0.25, 0.3) is 0 Å². The molecule has 0 aliphatic carbocycles. The summed E-state index contributed by atoms with van der Waals surface area (Å²) in [6, 6.07) is 0. The maximum absolute atomic E-state index is 5.09. The lowest BCUT2D eigenvalue weighted by Gasteiger charge is -2.10. The molecule has 0 saturated carbocycles. The molecule has 10 heavy (non-hydrogen) atoms. The molecule has 0 bridgehead atoms. The van der Waals surface area contributed by atoms with E-state index in [0.29, 0.717) is 0 Å². The molecule has 1 unspecified atom stereocenters. The molecule has 1 radical (unpaired) electrons. The molecule has 0 amide bonds. The van der Waals surface area contributed by atoms with Gasteiger partial charge in [0, 0.05) is 0 Å². The van der Waals surface area contributed by atoms with Crippen molar-refractivity contribution in [2.45, 2.75) is 33.5 Å². The lowest BCUT2D eigenvalue weighted by atomic mass is 10.5. The molecule has 0 N–H and O–H groups in total. The van der Waals surface area contributed by atoms with Crippen molar-refractivity contribution in [1.29, 1.82) is 0 Å². The molecule has 0 heterocycles. The summed E-state index contributed by atoms with van der Waals surface area (Å²) in [4.78, 5) is 0. The van der Waals surface area contributed by atoms with Crippen molar-refractivity contribution in [2.24, 2.45) is 0 Å². The van der Waals surface area contributed by atoms with Gasteiger partial charge in [0.2, 0.25) is 0 Å². The molecule has 0 rings (SSSR count). The summed E-state index contributed by atoms with van der Waals surface area (Å²) < 4.78 is 10.2. The molecular weight excluding hydrogens is 128 g/mol. The highest BCUT2D eigenvalue weighted by Gasteiger charge is 1.96. The topological polar surface area (TPSA) is 18.5 Å². The third-order valence-electron chi connectivity index (χ3n) is 0.861. The molecular formula is C8H15O2. The number of ether oxygens (including phenoxy) is 2. The van der Waals surface area contributed by atoms with E-state index in [1.54, 1.807) is 12.9 Å². The Hall–Kier alpha value is -0.500. The Labute approximate surface area is 62.8 Å². The minimum Gasteiger partial charge on any atom is -0.473 e. The maximum atomic E-state index is 5.09. The van der Waals surface area contributed by atoms with Gasteiger partial charge in [0.05, 0.1) is 12.9 Å². The van der Waals surface area contributed by atoms with Crippen LogP contribution in [0.1, 0.15) is 27.2 Å². The van der Waals surface area contributed by atoms with Gasteiger partial charge in [0.1, 0.15) is 0 Å². The van der Waals surface area contributed by atoms with Crippen molar-refractivity contribution in [3.8, 4) is 0 Å². The van der Waals surface area contributed by atoms with Crippen molar-refractivity contribution in [3.63, 3.8) is 0 Å². The van der Waals surface area contributed by atoms with Crippen molar-refractivity contribution in [2.75, 3.05) is 0 Å². The first-order chi connectivity index (χ1) is 4.81. The van der Waals surface area contributed by atoms with Gasteiger partial charge in [-0.1, -0.05) is 13.0 Å². The van der Waals surface area contributed by atoms with Gasteiger partial charge in [-0.3, -0.25) is 0 Å². The molecule has 1 atom stereocenters. The predicted octanol–water partition coefficient (Wildman–Crippen LogP) is 2.47. The van der Waals surface area contributed by atoms with Crippen molar-refractivity contribution >= 4 is 0 Å². The van der Waals surface area contributed by atoms with E-state index in [4.69, 9.17) is 9.47 Å². The van der Waals surface area contributed by atoms with Gasteiger partial charge >= 0.3 is 0 Å². The summed E-state index contributed by atoms with van der Waals surface area (Å²) in [5.41, 5.74) is 0. The van der Waals surface area contributed by atoms with E-state index in [2.05, 4.69) is 0 Å². The first kappa shape index (κ1) is 9.50. The quantitative estimate of drug-likeness (QED) is 0.435. The Morgan fingerprint density at radius 3 is 2.60 bits per heavy atom. The fraction of sp³-hybridized carbons (Fsp3) is 0.625. The smallest absolute Gasteiger partial charge is 0.196 e. The average molecular weight is 143 g/mol. The number of hydrogen-bond acceptors (Lipinski definition) is 2. The largest absolute Gasteiger partial charge is 0.473 e. The Morgan fingerprint density at radius 1 is 1.40 bits per heavy atom. The third-order valence-corrected chi connectivity index (χ3v) is 0.861. The van der Waals surface area contributed by atoms with E-state index in [9.17, 15) is 0 Å². The first-order valence-electron chi connectivity index (χ1n) is 3.55. The zero-order valence-electron chi connectivity index (χ0n) is 6.83. The van der Waals surface area contributed by atoms with Crippen LogP contribution in [-0.4, -0.2) is 6.29 Å². The first-order valence-corrected chi connectivity index (χ1v) is 3.55. The molecule has 0 aliphatic rings. The minimum atomic E-state index is -0.170. The van der Waals surface area contributed by atoms with E-state index in [1.807, 2.05) is 26.8 Å². The highest BCUT2D eigenvalue weighted by atomic mass is 16.7. The van der Waals surface area contributed by atoms with Crippen molar-refractivity contribution in [3.05, 3.63) is 18.9 Å². The number of rotatable bonds is 5.